The minimum atomic E-state index is -1.00. The molecule has 0 aromatic heterocycles. The van der Waals surface area contributed by atoms with Crippen LogP contribution in [0.2, 0.25) is 0 Å². The van der Waals surface area contributed by atoms with Crippen LogP contribution in [-0.2, 0) is 9.59 Å². The van der Waals surface area contributed by atoms with Gasteiger partial charge in [-0.05, 0) is 25.0 Å². The monoisotopic (exact) mass is 222 g/mol. The van der Waals surface area contributed by atoms with Gasteiger partial charge >= 0.3 is 11.9 Å². The highest BCUT2D eigenvalue weighted by Gasteiger charge is 2.11. The molecule has 86 valence electrons. The number of hydrogen-bond donors (Lipinski definition) is 1. The van der Waals surface area contributed by atoms with E-state index in [4.69, 9.17) is 9.84 Å². The Balaban J connectivity index is 2.66. The molecule has 1 N–H and O–H groups in total. The van der Waals surface area contributed by atoms with E-state index in [0.29, 0.717) is 5.75 Å². The minimum Gasteiger partial charge on any atom is -0.481 e. The Bertz CT molecular complexity index is 389. The predicted octanol–water partition coefficient (Wildman–Crippen LogP) is 2.07. The first kappa shape index (κ1) is 12.2. The molecule has 0 radical (unpaired) electrons. The first-order chi connectivity index (χ1) is 7.50. The summed E-state index contributed by atoms with van der Waals surface area (Å²) in [5, 5.41) is 8.43. The highest BCUT2D eigenvalue weighted by Crippen LogP contribution is 2.22. The van der Waals surface area contributed by atoms with Crippen LogP contribution < -0.4 is 4.74 Å². The van der Waals surface area contributed by atoms with Gasteiger partial charge in [0.25, 0.3) is 0 Å². The van der Waals surface area contributed by atoms with Gasteiger partial charge in [0.2, 0.25) is 0 Å². The second-order valence-electron chi connectivity index (χ2n) is 3.59. The van der Waals surface area contributed by atoms with E-state index in [1.54, 1.807) is 0 Å². The molecule has 0 heterocycles. The van der Waals surface area contributed by atoms with E-state index in [9.17, 15) is 9.59 Å². The molecule has 0 amide bonds. The van der Waals surface area contributed by atoms with Gasteiger partial charge in [-0.15, -0.1) is 0 Å². The molecule has 16 heavy (non-hydrogen) atoms. The number of carbonyl (C=O) groups excluding carboxylic acids is 1. The van der Waals surface area contributed by atoms with Crippen LogP contribution in [0, 0.1) is 13.8 Å². The fraction of sp³-hybridized carbons (Fsp3) is 0.333. The number of aliphatic carboxylic acids is 1. The molecule has 0 saturated carbocycles. The van der Waals surface area contributed by atoms with Gasteiger partial charge in [-0.25, -0.2) is 0 Å². The maximum atomic E-state index is 11.3. The number of carboxylic acids is 1. The number of para-hydroxylation sites is 1. The first-order valence-corrected chi connectivity index (χ1v) is 4.99. The van der Waals surface area contributed by atoms with E-state index in [-0.39, 0.29) is 12.8 Å². The number of ether oxygens (including phenoxy) is 1. The molecule has 0 atom stereocenters. The summed E-state index contributed by atoms with van der Waals surface area (Å²) in [5.41, 5.74) is 1.73. The van der Waals surface area contributed by atoms with Gasteiger partial charge in [0, 0.05) is 0 Å². The maximum absolute atomic E-state index is 11.3. The summed E-state index contributed by atoms with van der Waals surface area (Å²) >= 11 is 0. The molecule has 4 nitrogen and oxygen atoms in total. The summed E-state index contributed by atoms with van der Waals surface area (Å²) in [6.07, 6.45) is -0.313. The van der Waals surface area contributed by atoms with Crippen LogP contribution in [0.1, 0.15) is 24.0 Å². The quantitative estimate of drug-likeness (QED) is 0.625. The van der Waals surface area contributed by atoms with Gasteiger partial charge < -0.3 is 9.84 Å². The number of benzene rings is 1. The minimum absolute atomic E-state index is 0.108. The third kappa shape index (κ3) is 3.38. The zero-order valence-corrected chi connectivity index (χ0v) is 9.32. The van der Waals surface area contributed by atoms with Gasteiger partial charge in [-0.1, -0.05) is 18.2 Å². The summed E-state index contributed by atoms with van der Waals surface area (Å²) in [6.45, 7) is 3.68. The van der Waals surface area contributed by atoms with E-state index >= 15 is 0 Å². The first-order valence-electron chi connectivity index (χ1n) is 4.99. The molecule has 0 aliphatic heterocycles. The van der Waals surface area contributed by atoms with Crippen LogP contribution in [0.15, 0.2) is 18.2 Å². The lowest BCUT2D eigenvalue weighted by atomic mass is 10.1. The van der Waals surface area contributed by atoms with Gasteiger partial charge in [0.05, 0.1) is 12.8 Å². The Morgan fingerprint density at radius 1 is 1.19 bits per heavy atom. The Labute approximate surface area is 93.9 Å². The highest BCUT2D eigenvalue weighted by molar-refractivity contribution is 5.78. The topological polar surface area (TPSA) is 63.6 Å². The smallest absolute Gasteiger partial charge is 0.311 e. The molecular formula is C12H14O4. The average Bonchev–Trinajstić information content (AvgIpc) is 2.21. The summed E-state index contributed by atoms with van der Waals surface area (Å²) < 4.78 is 5.12. The molecule has 0 fully saturated rings. The fourth-order valence-electron chi connectivity index (χ4n) is 1.33. The van der Waals surface area contributed by atoms with Crippen molar-refractivity contribution in [2.24, 2.45) is 0 Å². The maximum Gasteiger partial charge on any atom is 0.311 e. The number of carbonyl (C=O) groups is 2. The molecule has 1 aromatic carbocycles. The number of rotatable bonds is 4. The SMILES string of the molecule is Cc1cccc(C)c1OC(=O)CCC(=O)O. The molecule has 1 aromatic rings. The van der Waals surface area contributed by atoms with Crippen molar-refractivity contribution in [2.45, 2.75) is 26.7 Å². The Morgan fingerprint density at radius 2 is 1.75 bits per heavy atom. The highest BCUT2D eigenvalue weighted by atomic mass is 16.5. The predicted molar refractivity (Wildman–Crippen MR) is 58.4 cm³/mol. The van der Waals surface area contributed by atoms with Crippen LogP contribution in [0.3, 0.4) is 0 Å². The number of hydrogen-bond acceptors (Lipinski definition) is 3. The van der Waals surface area contributed by atoms with E-state index in [1.807, 2.05) is 32.0 Å². The molecule has 0 aliphatic carbocycles. The van der Waals surface area contributed by atoms with Gasteiger partial charge in [0.1, 0.15) is 5.75 Å². The zero-order valence-electron chi connectivity index (χ0n) is 9.32. The molecule has 0 unspecified atom stereocenters. The van der Waals surface area contributed by atoms with Gasteiger partial charge in [-0.2, -0.15) is 0 Å². The van der Waals surface area contributed by atoms with E-state index in [1.165, 1.54) is 0 Å². The largest absolute Gasteiger partial charge is 0.481 e. The Hall–Kier alpha value is -1.84. The van der Waals surface area contributed by atoms with Crippen molar-refractivity contribution in [1.82, 2.24) is 0 Å². The second kappa shape index (κ2) is 5.30. The van der Waals surface area contributed by atoms with Crippen molar-refractivity contribution < 1.29 is 19.4 Å². The van der Waals surface area contributed by atoms with Crippen molar-refractivity contribution in [3.63, 3.8) is 0 Å². The van der Waals surface area contributed by atoms with Crippen LogP contribution in [0.4, 0.5) is 0 Å². The standard InChI is InChI=1S/C12H14O4/c1-8-4-3-5-9(2)12(8)16-11(15)7-6-10(13)14/h3-5H,6-7H2,1-2H3,(H,13,14). The number of carboxylic acid groups (broad SMARTS) is 1. The Morgan fingerprint density at radius 3 is 2.25 bits per heavy atom. The van der Waals surface area contributed by atoms with Crippen molar-refractivity contribution in [3.05, 3.63) is 29.3 Å². The molecule has 0 spiro atoms. The average molecular weight is 222 g/mol. The fourth-order valence-corrected chi connectivity index (χ4v) is 1.33. The molecule has 0 aliphatic rings. The van der Waals surface area contributed by atoms with E-state index in [2.05, 4.69) is 0 Å². The third-order valence-corrected chi connectivity index (χ3v) is 2.17. The lowest BCUT2D eigenvalue weighted by Crippen LogP contribution is -2.11. The van der Waals surface area contributed by atoms with Crippen LogP contribution in [-0.4, -0.2) is 17.0 Å². The van der Waals surface area contributed by atoms with Crippen LogP contribution in [0.25, 0.3) is 0 Å². The number of aryl methyl sites for hydroxylation is 2. The van der Waals surface area contributed by atoms with Crippen molar-refractivity contribution >= 4 is 11.9 Å². The van der Waals surface area contributed by atoms with Crippen molar-refractivity contribution in [3.8, 4) is 5.75 Å². The summed E-state index contributed by atoms with van der Waals surface area (Å²) in [7, 11) is 0. The summed E-state index contributed by atoms with van der Waals surface area (Å²) in [4.78, 5) is 21.6. The van der Waals surface area contributed by atoms with Crippen molar-refractivity contribution in [1.29, 1.82) is 0 Å². The summed E-state index contributed by atoms with van der Waals surface area (Å²) in [5.74, 6) is -0.990. The molecular weight excluding hydrogens is 208 g/mol. The molecule has 0 saturated heterocycles. The van der Waals surface area contributed by atoms with E-state index < -0.39 is 11.9 Å². The van der Waals surface area contributed by atoms with Gasteiger partial charge in [0.15, 0.2) is 0 Å². The molecule has 1 rings (SSSR count). The molecule has 4 heteroatoms. The summed E-state index contributed by atoms with van der Waals surface area (Å²) in [6, 6.07) is 5.55. The van der Waals surface area contributed by atoms with Crippen LogP contribution in [0.5, 0.6) is 5.75 Å². The lowest BCUT2D eigenvalue weighted by molar-refractivity contribution is -0.142. The molecule has 0 bridgehead atoms. The lowest BCUT2D eigenvalue weighted by Gasteiger charge is -2.09. The van der Waals surface area contributed by atoms with E-state index in [0.717, 1.165) is 11.1 Å². The third-order valence-electron chi connectivity index (χ3n) is 2.17. The van der Waals surface area contributed by atoms with Crippen LogP contribution >= 0.6 is 0 Å². The van der Waals surface area contributed by atoms with Crippen molar-refractivity contribution in [2.75, 3.05) is 0 Å². The number of esters is 1. The second-order valence-corrected chi connectivity index (χ2v) is 3.59. The Kier molecular flexibility index (Phi) is 4.05. The zero-order chi connectivity index (χ0) is 12.1. The van der Waals surface area contributed by atoms with Gasteiger partial charge in [-0.3, -0.25) is 9.59 Å². The normalized spacial score (nSPS) is 9.88.